The summed E-state index contributed by atoms with van der Waals surface area (Å²) >= 11 is 0. The number of amides is 1. The van der Waals surface area contributed by atoms with E-state index in [1.807, 2.05) is 11.8 Å². The number of nitrogens with zero attached hydrogens (tertiary/aromatic N) is 2. The predicted octanol–water partition coefficient (Wildman–Crippen LogP) is 1.32. The first-order valence-electron chi connectivity index (χ1n) is 8.35. The lowest BCUT2D eigenvalue weighted by Gasteiger charge is -2.42. The van der Waals surface area contributed by atoms with Gasteiger partial charge in [0.2, 0.25) is 5.91 Å². The lowest BCUT2D eigenvalue weighted by Crippen LogP contribution is -2.58. The molecule has 124 valence electrons. The highest BCUT2D eigenvalue weighted by Crippen LogP contribution is 2.15. The summed E-state index contributed by atoms with van der Waals surface area (Å²) in [6, 6.07) is 0.0758. The average Bonchev–Trinajstić information content (AvgIpc) is 2.46. The molecule has 0 saturated carbocycles. The maximum Gasteiger partial charge on any atom is 0.239 e. The fourth-order valence-electron chi connectivity index (χ4n) is 2.94. The van der Waals surface area contributed by atoms with E-state index in [9.17, 15) is 4.79 Å². The van der Waals surface area contributed by atoms with E-state index in [1.165, 1.54) is 0 Å². The van der Waals surface area contributed by atoms with Crippen molar-refractivity contribution in [3.63, 3.8) is 0 Å². The third-order valence-electron chi connectivity index (χ3n) is 4.16. The molecule has 1 unspecified atom stereocenters. The largest absolute Gasteiger partial charge is 0.380 e. The second-order valence-electron chi connectivity index (χ2n) is 6.32. The predicted molar refractivity (Wildman–Crippen MR) is 86.2 cm³/mol. The highest BCUT2D eigenvalue weighted by Gasteiger charge is 2.30. The second kappa shape index (κ2) is 9.38. The van der Waals surface area contributed by atoms with Crippen LogP contribution in [0.2, 0.25) is 0 Å². The number of piperazine rings is 1. The van der Waals surface area contributed by atoms with Crippen LogP contribution < -0.4 is 5.73 Å². The van der Waals surface area contributed by atoms with Crippen molar-refractivity contribution in [1.29, 1.82) is 0 Å². The van der Waals surface area contributed by atoms with Crippen LogP contribution in [-0.4, -0.2) is 67.2 Å². The second-order valence-corrected chi connectivity index (χ2v) is 6.32. The first kappa shape index (κ1) is 18.4. The van der Waals surface area contributed by atoms with E-state index in [-0.39, 0.29) is 11.9 Å². The number of hydrogen-bond donors (Lipinski definition) is 1. The van der Waals surface area contributed by atoms with Gasteiger partial charge in [-0.1, -0.05) is 20.8 Å². The molecule has 1 fully saturated rings. The fraction of sp³-hybridized carbons (Fsp3) is 0.938. The minimum atomic E-state index is -0.350. The van der Waals surface area contributed by atoms with E-state index in [1.54, 1.807) is 0 Å². The number of nitrogens with two attached hydrogens (primary N) is 1. The molecule has 2 atom stereocenters. The van der Waals surface area contributed by atoms with Crippen molar-refractivity contribution >= 4 is 5.91 Å². The van der Waals surface area contributed by atoms with Crippen LogP contribution in [0.15, 0.2) is 0 Å². The summed E-state index contributed by atoms with van der Waals surface area (Å²) < 4.78 is 5.44. The Hall–Kier alpha value is -0.650. The van der Waals surface area contributed by atoms with Crippen LogP contribution >= 0.6 is 0 Å². The van der Waals surface area contributed by atoms with Crippen molar-refractivity contribution in [2.24, 2.45) is 11.7 Å². The van der Waals surface area contributed by atoms with Gasteiger partial charge in [-0.05, 0) is 25.7 Å². The van der Waals surface area contributed by atoms with Crippen molar-refractivity contribution < 1.29 is 9.53 Å². The molecule has 1 amide bonds. The van der Waals surface area contributed by atoms with E-state index in [0.717, 1.165) is 52.2 Å². The Morgan fingerprint density at radius 2 is 2.05 bits per heavy atom. The van der Waals surface area contributed by atoms with Gasteiger partial charge < -0.3 is 15.4 Å². The molecule has 1 aliphatic heterocycles. The Kier molecular flexibility index (Phi) is 8.22. The van der Waals surface area contributed by atoms with Crippen LogP contribution in [-0.2, 0) is 9.53 Å². The number of rotatable bonds is 8. The van der Waals surface area contributed by atoms with E-state index < -0.39 is 0 Å². The van der Waals surface area contributed by atoms with Gasteiger partial charge in [0.1, 0.15) is 0 Å². The Morgan fingerprint density at radius 3 is 2.62 bits per heavy atom. The standard InChI is InChI=1S/C16H33N3O2/c1-5-14-12-19(16(20)15(17)11-13(3)4)8-7-18(14)9-10-21-6-2/h13-15H,5-12,17H2,1-4H3/t14?,15-/m0/s1. The molecule has 1 aliphatic rings. The van der Waals surface area contributed by atoms with Gasteiger partial charge in [0.15, 0.2) is 0 Å². The first-order chi connectivity index (χ1) is 9.99. The lowest BCUT2D eigenvalue weighted by molar-refractivity contribution is -0.136. The summed E-state index contributed by atoms with van der Waals surface area (Å²) in [5.41, 5.74) is 6.04. The fourth-order valence-corrected chi connectivity index (χ4v) is 2.94. The quantitative estimate of drug-likeness (QED) is 0.687. The normalized spacial score (nSPS) is 21.8. The highest BCUT2D eigenvalue weighted by molar-refractivity contribution is 5.81. The maximum atomic E-state index is 12.4. The topological polar surface area (TPSA) is 58.8 Å². The molecule has 0 aromatic rings. The molecule has 0 spiro atoms. The maximum absolute atomic E-state index is 12.4. The van der Waals surface area contributed by atoms with Crippen LogP contribution in [0.4, 0.5) is 0 Å². The van der Waals surface area contributed by atoms with Gasteiger partial charge in [-0.2, -0.15) is 0 Å². The Morgan fingerprint density at radius 1 is 1.33 bits per heavy atom. The zero-order chi connectivity index (χ0) is 15.8. The van der Waals surface area contributed by atoms with E-state index in [0.29, 0.717) is 12.0 Å². The summed E-state index contributed by atoms with van der Waals surface area (Å²) in [4.78, 5) is 16.8. The van der Waals surface area contributed by atoms with Crippen molar-refractivity contribution in [2.45, 2.75) is 52.6 Å². The summed E-state index contributed by atoms with van der Waals surface area (Å²) in [6.07, 6.45) is 1.81. The number of carbonyl (C=O) groups is 1. The van der Waals surface area contributed by atoms with Crippen LogP contribution in [0.1, 0.15) is 40.5 Å². The van der Waals surface area contributed by atoms with E-state index in [4.69, 9.17) is 10.5 Å². The molecular weight excluding hydrogens is 266 g/mol. The monoisotopic (exact) mass is 299 g/mol. The summed E-state index contributed by atoms with van der Waals surface area (Å²) in [5.74, 6) is 0.574. The summed E-state index contributed by atoms with van der Waals surface area (Å²) in [7, 11) is 0. The Labute approximate surface area is 129 Å². The van der Waals surface area contributed by atoms with Crippen LogP contribution in [0.25, 0.3) is 0 Å². The smallest absolute Gasteiger partial charge is 0.239 e. The van der Waals surface area contributed by atoms with E-state index >= 15 is 0 Å². The summed E-state index contributed by atoms with van der Waals surface area (Å²) in [5, 5.41) is 0. The zero-order valence-corrected chi connectivity index (χ0v) is 14.2. The van der Waals surface area contributed by atoms with Gasteiger partial charge in [0, 0.05) is 38.8 Å². The molecule has 5 nitrogen and oxygen atoms in total. The minimum absolute atomic E-state index is 0.117. The van der Waals surface area contributed by atoms with Gasteiger partial charge in [0.05, 0.1) is 12.6 Å². The van der Waals surface area contributed by atoms with Crippen LogP contribution in [0, 0.1) is 5.92 Å². The third kappa shape index (κ3) is 5.93. The van der Waals surface area contributed by atoms with Crippen LogP contribution in [0.5, 0.6) is 0 Å². The van der Waals surface area contributed by atoms with Gasteiger partial charge in [-0.25, -0.2) is 0 Å². The number of ether oxygens (including phenoxy) is 1. The van der Waals surface area contributed by atoms with Crippen LogP contribution in [0.3, 0.4) is 0 Å². The average molecular weight is 299 g/mol. The molecular formula is C16H33N3O2. The molecule has 2 N–H and O–H groups in total. The molecule has 0 aliphatic carbocycles. The van der Waals surface area contributed by atoms with Crippen molar-refractivity contribution in [2.75, 3.05) is 39.4 Å². The minimum Gasteiger partial charge on any atom is -0.380 e. The summed E-state index contributed by atoms with van der Waals surface area (Å²) in [6.45, 7) is 13.4. The molecule has 0 aromatic heterocycles. The third-order valence-corrected chi connectivity index (χ3v) is 4.16. The van der Waals surface area contributed by atoms with Gasteiger partial charge in [0.25, 0.3) is 0 Å². The molecule has 0 aromatic carbocycles. The first-order valence-corrected chi connectivity index (χ1v) is 8.35. The molecule has 21 heavy (non-hydrogen) atoms. The Bertz CT molecular complexity index is 310. The van der Waals surface area contributed by atoms with Crippen molar-refractivity contribution in [3.8, 4) is 0 Å². The molecule has 1 rings (SSSR count). The van der Waals surface area contributed by atoms with Crippen molar-refractivity contribution in [3.05, 3.63) is 0 Å². The highest BCUT2D eigenvalue weighted by atomic mass is 16.5. The number of carbonyl (C=O) groups excluding carboxylic acids is 1. The lowest BCUT2D eigenvalue weighted by atomic mass is 10.0. The molecule has 1 heterocycles. The Balaban J connectivity index is 2.49. The molecule has 0 bridgehead atoms. The van der Waals surface area contributed by atoms with Gasteiger partial charge in [-0.15, -0.1) is 0 Å². The van der Waals surface area contributed by atoms with E-state index in [2.05, 4.69) is 25.7 Å². The number of hydrogen-bond acceptors (Lipinski definition) is 4. The zero-order valence-electron chi connectivity index (χ0n) is 14.2. The molecule has 5 heteroatoms. The van der Waals surface area contributed by atoms with Gasteiger partial charge in [-0.3, -0.25) is 9.69 Å². The SMILES string of the molecule is CCOCCN1CCN(C(=O)[C@@H](N)CC(C)C)CC1CC. The van der Waals surface area contributed by atoms with Gasteiger partial charge >= 0.3 is 0 Å². The molecule has 0 radical (unpaired) electrons. The van der Waals surface area contributed by atoms with Crippen molar-refractivity contribution in [1.82, 2.24) is 9.80 Å². The molecule has 1 saturated heterocycles.